The largest absolute Gasteiger partial charge is 0.504 e. The third kappa shape index (κ3) is 4.52. The number of phenols is 1. The van der Waals surface area contributed by atoms with Crippen molar-refractivity contribution in [2.75, 3.05) is 12.0 Å². The number of methoxy groups -OCH3 is 1. The number of rotatable bonds is 5. The van der Waals surface area contributed by atoms with Crippen molar-refractivity contribution in [1.82, 2.24) is 0 Å². The molecule has 0 saturated carbocycles. The Labute approximate surface area is 273 Å². The van der Waals surface area contributed by atoms with Gasteiger partial charge in [0.2, 0.25) is 11.8 Å². The average Bonchev–Trinajstić information content (AvgIpc) is 3.32. The van der Waals surface area contributed by atoms with Crippen LogP contribution in [-0.4, -0.2) is 41.4 Å². The van der Waals surface area contributed by atoms with E-state index in [0.29, 0.717) is 38.0 Å². The molecule has 1 N–H and O–H groups in total. The van der Waals surface area contributed by atoms with Crippen molar-refractivity contribution < 1.29 is 33.8 Å². The van der Waals surface area contributed by atoms with Gasteiger partial charge in [-0.25, -0.2) is 0 Å². The monoisotopic (exact) mass is 677 g/mol. The number of carbonyl (C=O) groups is 5. The van der Waals surface area contributed by atoms with Gasteiger partial charge >= 0.3 is 0 Å². The van der Waals surface area contributed by atoms with Gasteiger partial charge in [0, 0.05) is 43.8 Å². The molecule has 0 spiro atoms. The van der Waals surface area contributed by atoms with Gasteiger partial charge in [0.1, 0.15) is 0 Å². The van der Waals surface area contributed by atoms with E-state index in [1.54, 1.807) is 67.6 Å². The maximum atomic E-state index is 14.2. The van der Waals surface area contributed by atoms with Crippen molar-refractivity contribution in [3.8, 4) is 11.5 Å². The van der Waals surface area contributed by atoms with Gasteiger partial charge < -0.3 is 9.84 Å². The number of hydrogen-bond acceptors (Lipinski definition) is 7. The molecule has 3 aromatic carbocycles. The Bertz CT molecular complexity index is 1970. The molecule has 1 saturated heterocycles. The van der Waals surface area contributed by atoms with Gasteiger partial charge in [0.25, 0.3) is 0 Å². The molecule has 4 atom stereocenters. The second-order valence-electron chi connectivity index (χ2n) is 12.0. The van der Waals surface area contributed by atoms with Crippen LogP contribution in [0.2, 0.25) is 0 Å². The van der Waals surface area contributed by atoms with Crippen molar-refractivity contribution in [2.45, 2.75) is 25.7 Å². The Morgan fingerprint density at radius 2 is 1.63 bits per heavy atom. The molecule has 0 bridgehead atoms. The summed E-state index contributed by atoms with van der Waals surface area (Å²) in [5.41, 5.74) is 3.30. The predicted molar refractivity (Wildman–Crippen MR) is 172 cm³/mol. The highest BCUT2D eigenvalue weighted by molar-refractivity contribution is 9.10. The molecule has 4 unspecified atom stereocenters. The lowest BCUT2D eigenvalue weighted by Crippen LogP contribution is -2.39. The number of ether oxygens (including phenoxy) is 1. The fraction of sp³-hybridized carbons (Fsp3) is 0.216. The molecule has 7 rings (SSSR count). The van der Waals surface area contributed by atoms with Crippen LogP contribution >= 0.6 is 15.9 Å². The minimum atomic E-state index is -0.817. The number of carbonyl (C=O) groups excluding carboxylic acids is 5. The van der Waals surface area contributed by atoms with E-state index in [0.717, 1.165) is 5.57 Å². The van der Waals surface area contributed by atoms with E-state index < -0.39 is 29.6 Å². The quantitative estimate of drug-likeness (QED) is 0.152. The van der Waals surface area contributed by atoms with Crippen molar-refractivity contribution in [2.24, 2.45) is 17.8 Å². The van der Waals surface area contributed by atoms with Gasteiger partial charge in [-0.15, -0.1) is 0 Å². The molecule has 3 aromatic rings. The van der Waals surface area contributed by atoms with Gasteiger partial charge in [-0.3, -0.25) is 28.9 Å². The standard InChI is InChI=1S/C37H28BrNO7/c1-18-14-28(40)32-27(33(18)41)17-25-23(30(32)26-15-21(38)16-29(46-2)35(26)43)12-13-24-31(25)37(45)39(36(24)44)22-10-8-20(9-11-22)34(42)19-6-4-3-5-7-19/h3-12,14-16,24-25,30-31,43H,13,17H2,1-2H3. The van der Waals surface area contributed by atoms with Crippen LogP contribution in [-0.2, 0) is 19.2 Å². The lowest BCUT2D eigenvalue weighted by Gasteiger charge is -2.42. The second-order valence-corrected chi connectivity index (χ2v) is 12.9. The number of fused-ring (bicyclic) bond motifs is 3. The number of amides is 2. The molecule has 46 heavy (non-hydrogen) atoms. The van der Waals surface area contributed by atoms with Crippen molar-refractivity contribution in [3.05, 3.63) is 122 Å². The molecule has 1 aliphatic heterocycles. The summed E-state index contributed by atoms with van der Waals surface area (Å²) in [5.74, 6) is -4.31. The van der Waals surface area contributed by atoms with E-state index in [1.807, 2.05) is 12.1 Å². The zero-order valence-corrected chi connectivity index (χ0v) is 26.5. The number of ketones is 3. The summed E-state index contributed by atoms with van der Waals surface area (Å²) in [6.07, 6.45) is 3.60. The molecule has 230 valence electrons. The molecular formula is C37H28BrNO7. The normalized spacial score (nSPS) is 23.8. The topological polar surface area (TPSA) is 118 Å². The van der Waals surface area contributed by atoms with Crippen LogP contribution in [0.25, 0.3) is 0 Å². The molecule has 8 nitrogen and oxygen atoms in total. The number of imide groups is 1. The Morgan fingerprint density at radius 1 is 0.935 bits per heavy atom. The van der Waals surface area contributed by atoms with Crippen molar-refractivity contribution in [1.29, 1.82) is 0 Å². The maximum absolute atomic E-state index is 14.2. The first kappa shape index (κ1) is 29.8. The lowest BCUT2D eigenvalue weighted by molar-refractivity contribution is -0.123. The minimum Gasteiger partial charge on any atom is -0.504 e. The van der Waals surface area contributed by atoms with E-state index in [-0.39, 0.29) is 53.2 Å². The number of nitrogens with zero attached hydrogens (tertiary/aromatic N) is 1. The van der Waals surface area contributed by atoms with Gasteiger partial charge in [-0.1, -0.05) is 57.9 Å². The molecule has 9 heteroatoms. The number of aromatic hydroxyl groups is 1. The maximum Gasteiger partial charge on any atom is 0.238 e. The number of halogens is 1. The highest BCUT2D eigenvalue weighted by Gasteiger charge is 2.57. The Hall–Kier alpha value is -4.89. The van der Waals surface area contributed by atoms with Gasteiger partial charge in [0.05, 0.1) is 24.6 Å². The van der Waals surface area contributed by atoms with Crippen molar-refractivity contribution >= 4 is 50.8 Å². The molecule has 0 aromatic heterocycles. The molecular weight excluding hydrogens is 650 g/mol. The molecule has 3 aliphatic carbocycles. The zero-order chi connectivity index (χ0) is 32.4. The highest BCUT2D eigenvalue weighted by atomic mass is 79.9. The van der Waals surface area contributed by atoms with Crippen LogP contribution in [0.1, 0.15) is 47.2 Å². The summed E-state index contributed by atoms with van der Waals surface area (Å²) >= 11 is 3.47. The van der Waals surface area contributed by atoms with E-state index >= 15 is 0 Å². The summed E-state index contributed by atoms with van der Waals surface area (Å²) < 4.78 is 6.00. The van der Waals surface area contributed by atoms with Crippen molar-refractivity contribution in [3.63, 3.8) is 0 Å². The SMILES string of the molecule is COc1cc(Br)cc(C2C3=CCC4C(=O)N(c5ccc(C(=O)c6ccccc6)cc5)C(=O)C4C3CC3=C2C(=O)C=C(C)C3=O)c1O. The fourth-order valence-corrected chi connectivity index (χ4v) is 7.93. The first-order valence-electron chi connectivity index (χ1n) is 14.9. The van der Waals surface area contributed by atoms with E-state index in [1.165, 1.54) is 18.1 Å². The average molecular weight is 679 g/mol. The van der Waals surface area contributed by atoms with Gasteiger partial charge in [0.15, 0.2) is 28.8 Å². The second kappa shape index (κ2) is 11.2. The number of benzene rings is 3. The van der Waals surface area contributed by atoms with Crippen LogP contribution in [0.15, 0.2) is 106 Å². The molecule has 0 radical (unpaired) electrons. The Morgan fingerprint density at radius 3 is 2.33 bits per heavy atom. The number of anilines is 1. The summed E-state index contributed by atoms with van der Waals surface area (Å²) in [6.45, 7) is 1.59. The molecule has 4 aliphatic rings. The van der Waals surface area contributed by atoms with Crippen LogP contribution in [0.3, 0.4) is 0 Å². The van der Waals surface area contributed by atoms with E-state index in [9.17, 15) is 29.1 Å². The minimum absolute atomic E-state index is 0.123. The predicted octanol–water partition coefficient (Wildman–Crippen LogP) is 6.03. The Kier molecular flexibility index (Phi) is 7.24. The summed E-state index contributed by atoms with van der Waals surface area (Å²) in [7, 11) is 1.42. The van der Waals surface area contributed by atoms with Gasteiger partial charge in [-0.05, 0) is 68.2 Å². The summed E-state index contributed by atoms with van der Waals surface area (Å²) in [5, 5.41) is 11.3. The van der Waals surface area contributed by atoms with Crippen LogP contribution in [0, 0.1) is 17.8 Å². The molecule has 1 fully saturated rings. The van der Waals surface area contributed by atoms with E-state index in [2.05, 4.69) is 15.9 Å². The van der Waals surface area contributed by atoms with Crippen LogP contribution < -0.4 is 9.64 Å². The smallest absolute Gasteiger partial charge is 0.238 e. The first-order valence-corrected chi connectivity index (χ1v) is 15.7. The van der Waals surface area contributed by atoms with Crippen LogP contribution in [0.5, 0.6) is 11.5 Å². The van der Waals surface area contributed by atoms with E-state index in [4.69, 9.17) is 4.74 Å². The summed E-state index contributed by atoms with van der Waals surface area (Å²) in [6, 6.07) is 18.6. The molecule has 1 heterocycles. The summed E-state index contributed by atoms with van der Waals surface area (Å²) in [4.78, 5) is 69.3. The third-order valence-corrected chi connectivity index (χ3v) is 10.0. The number of allylic oxidation sites excluding steroid dienone is 6. The van der Waals surface area contributed by atoms with Gasteiger partial charge in [-0.2, -0.15) is 0 Å². The highest BCUT2D eigenvalue weighted by Crippen LogP contribution is 2.57. The lowest BCUT2D eigenvalue weighted by atomic mass is 9.59. The molecule has 2 amide bonds. The number of Topliss-reactive ketones (excluding diaryl/α,β-unsaturated/α-hetero) is 1. The van der Waals surface area contributed by atoms with Crippen LogP contribution in [0.4, 0.5) is 5.69 Å². The zero-order valence-electron chi connectivity index (χ0n) is 25.0. The third-order valence-electron chi connectivity index (χ3n) is 9.59. The Balaban J connectivity index is 1.28. The first-order chi connectivity index (χ1) is 22.1. The number of hydrogen-bond donors (Lipinski definition) is 1. The number of phenolic OH excluding ortho intramolecular Hbond substituents is 1. The fourth-order valence-electron chi connectivity index (χ4n) is 7.48.